The number of rotatable bonds is 9. The van der Waals surface area contributed by atoms with Gasteiger partial charge in [0.15, 0.2) is 23.2 Å². The van der Waals surface area contributed by atoms with Crippen molar-refractivity contribution in [2.24, 2.45) is 0 Å². The van der Waals surface area contributed by atoms with Crippen LogP contribution in [-0.4, -0.2) is 32.1 Å². The van der Waals surface area contributed by atoms with Gasteiger partial charge in [-0.1, -0.05) is 25.1 Å². The highest BCUT2D eigenvalue weighted by molar-refractivity contribution is 5.92. The summed E-state index contributed by atoms with van der Waals surface area (Å²) in [5.74, 6) is -3.52. The summed E-state index contributed by atoms with van der Waals surface area (Å²) in [6.07, 6.45) is 2.63. The number of halogens is 5. The van der Waals surface area contributed by atoms with E-state index in [1.165, 1.54) is 11.1 Å². The minimum atomic E-state index is -1.26. The summed E-state index contributed by atoms with van der Waals surface area (Å²) in [7, 11) is 0. The predicted octanol–water partition coefficient (Wildman–Crippen LogP) is 6.46. The third-order valence-corrected chi connectivity index (χ3v) is 6.86. The number of benzene rings is 3. The van der Waals surface area contributed by atoms with Gasteiger partial charge < -0.3 is 20.7 Å². The molecule has 0 aliphatic carbocycles. The van der Waals surface area contributed by atoms with Gasteiger partial charge in [-0.05, 0) is 86.8 Å². The first-order valence-electron chi connectivity index (χ1n) is 12.5. The molecule has 0 aromatic heterocycles. The molecule has 3 aromatic rings. The number of aryl methyl sites for hydroxylation is 1. The summed E-state index contributed by atoms with van der Waals surface area (Å²) in [6, 6.07) is 14.5. The van der Waals surface area contributed by atoms with Crippen molar-refractivity contribution in [3.05, 3.63) is 88.7 Å². The van der Waals surface area contributed by atoms with Crippen LogP contribution >= 0.6 is 24.8 Å². The average molecular weight is 585 g/mol. The van der Waals surface area contributed by atoms with Crippen LogP contribution in [0.4, 0.5) is 18.9 Å². The molecule has 39 heavy (non-hydrogen) atoms. The highest BCUT2D eigenvalue weighted by Gasteiger charge is 2.35. The molecule has 10 heteroatoms. The van der Waals surface area contributed by atoms with E-state index in [1.807, 2.05) is 25.1 Å². The van der Waals surface area contributed by atoms with Gasteiger partial charge in [-0.15, -0.1) is 24.8 Å². The zero-order valence-corrected chi connectivity index (χ0v) is 23.5. The maximum absolute atomic E-state index is 14.0. The standard InChI is InChI=1S/C29H32F3N3O2.2ClH/c1-3-33-18-28(36)35-21-7-4-19(2)23(14-21)29(10-12-34-13-11-29)17-20-5-8-22(9-6-20)37-27-16-25(31)24(30)15-26(27)32;;/h4-9,14-16,33-34H,3,10-13,17-18H2,1-2H3,(H,35,36);2*1H. The Morgan fingerprint density at radius 3 is 2.28 bits per heavy atom. The number of likely N-dealkylation sites (N-methyl/N-ethyl adjacent to an activating group) is 1. The molecule has 5 nitrogen and oxygen atoms in total. The monoisotopic (exact) mass is 583 g/mol. The first-order chi connectivity index (χ1) is 17.8. The average Bonchev–Trinajstić information content (AvgIpc) is 2.89. The lowest BCUT2D eigenvalue weighted by molar-refractivity contribution is -0.115. The van der Waals surface area contributed by atoms with Crippen molar-refractivity contribution in [3.63, 3.8) is 0 Å². The van der Waals surface area contributed by atoms with Crippen LogP contribution in [0.1, 0.15) is 36.5 Å². The van der Waals surface area contributed by atoms with Crippen LogP contribution in [0.2, 0.25) is 0 Å². The molecule has 1 amide bonds. The first-order valence-corrected chi connectivity index (χ1v) is 12.5. The van der Waals surface area contributed by atoms with E-state index in [4.69, 9.17) is 4.74 Å². The Labute approximate surface area is 239 Å². The molecule has 0 radical (unpaired) electrons. The fourth-order valence-corrected chi connectivity index (χ4v) is 4.94. The Balaban J connectivity index is 0.00000267. The lowest BCUT2D eigenvalue weighted by Crippen LogP contribution is -2.42. The fourth-order valence-electron chi connectivity index (χ4n) is 4.94. The van der Waals surface area contributed by atoms with Gasteiger partial charge in [-0.2, -0.15) is 0 Å². The predicted molar refractivity (Wildman–Crippen MR) is 153 cm³/mol. The van der Waals surface area contributed by atoms with Gasteiger partial charge in [-0.25, -0.2) is 13.2 Å². The van der Waals surface area contributed by atoms with Crippen LogP contribution in [0, 0.1) is 24.4 Å². The number of hydrogen-bond acceptors (Lipinski definition) is 4. The lowest BCUT2D eigenvalue weighted by Gasteiger charge is -2.40. The molecule has 1 saturated heterocycles. The molecule has 0 unspecified atom stereocenters. The quantitative estimate of drug-likeness (QED) is 0.253. The first kappa shape index (κ1) is 32.4. The molecule has 212 valence electrons. The molecule has 3 N–H and O–H groups in total. The smallest absolute Gasteiger partial charge is 0.238 e. The maximum atomic E-state index is 14.0. The van der Waals surface area contributed by atoms with Gasteiger partial charge in [0, 0.05) is 23.2 Å². The zero-order valence-electron chi connectivity index (χ0n) is 21.9. The van der Waals surface area contributed by atoms with Crippen LogP contribution in [0.5, 0.6) is 11.5 Å². The molecule has 1 fully saturated rings. The van der Waals surface area contributed by atoms with E-state index in [-0.39, 0.29) is 48.4 Å². The minimum Gasteiger partial charge on any atom is -0.454 e. The van der Waals surface area contributed by atoms with E-state index in [1.54, 1.807) is 12.1 Å². The third kappa shape index (κ3) is 8.11. The van der Waals surface area contributed by atoms with Gasteiger partial charge in [0.25, 0.3) is 0 Å². The largest absolute Gasteiger partial charge is 0.454 e. The van der Waals surface area contributed by atoms with Gasteiger partial charge in [0.2, 0.25) is 5.91 Å². The van der Waals surface area contributed by atoms with E-state index < -0.39 is 17.5 Å². The van der Waals surface area contributed by atoms with Crippen LogP contribution in [0.15, 0.2) is 54.6 Å². The van der Waals surface area contributed by atoms with Crippen molar-refractivity contribution in [3.8, 4) is 11.5 Å². The second-order valence-electron chi connectivity index (χ2n) is 9.51. The van der Waals surface area contributed by atoms with Crippen LogP contribution in [0.3, 0.4) is 0 Å². The summed E-state index contributed by atoms with van der Waals surface area (Å²) in [5.41, 5.74) is 4.09. The lowest BCUT2D eigenvalue weighted by atomic mass is 9.68. The Kier molecular flexibility index (Phi) is 12.1. The maximum Gasteiger partial charge on any atom is 0.238 e. The van der Waals surface area contributed by atoms with Crippen LogP contribution < -0.4 is 20.7 Å². The summed E-state index contributed by atoms with van der Waals surface area (Å²) >= 11 is 0. The molecule has 0 bridgehead atoms. The molecule has 1 aliphatic heterocycles. The van der Waals surface area contributed by atoms with Crippen LogP contribution in [-0.2, 0) is 16.6 Å². The molecule has 0 spiro atoms. The molecule has 0 atom stereocenters. The fraction of sp³-hybridized carbons (Fsp3) is 0.345. The van der Waals surface area contributed by atoms with E-state index in [2.05, 4.69) is 35.0 Å². The zero-order chi connectivity index (χ0) is 26.4. The highest BCUT2D eigenvalue weighted by atomic mass is 35.5. The summed E-state index contributed by atoms with van der Waals surface area (Å²) < 4.78 is 46.2. The number of nitrogens with one attached hydrogen (secondary N) is 3. The molecule has 0 saturated carbocycles. The van der Waals surface area contributed by atoms with Crippen molar-refractivity contribution in [2.45, 2.75) is 38.5 Å². The van der Waals surface area contributed by atoms with E-state index >= 15 is 0 Å². The van der Waals surface area contributed by atoms with Crippen LogP contribution in [0.25, 0.3) is 0 Å². The van der Waals surface area contributed by atoms with Crippen molar-refractivity contribution >= 4 is 36.4 Å². The van der Waals surface area contributed by atoms with Crippen molar-refractivity contribution in [1.29, 1.82) is 0 Å². The Hall–Kier alpha value is -2.78. The van der Waals surface area contributed by atoms with E-state index in [0.717, 1.165) is 50.1 Å². The number of amides is 1. The second-order valence-corrected chi connectivity index (χ2v) is 9.51. The molecular formula is C29H34Cl2F3N3O2. The Bertz CT molecular complexity index is 1250. The van der Waals surface area contributed by atoms with Gasteiger partial charge >= 0.3 is 0 Å². The minimum absolute atomic E-state index is 0. The van der Waals surface area contributed by atoms with Crippen molar-refractivity contribution in [1.82, 2.24) is 10.6 Å². The second kappa shape index (κ2) is 14.6. The van der Waals surface area contributed by atoms with Crippen molar-refractivity contribution < 1.29 is 22.7 Å². The molecule has 1 aliphatic rings. The SMILES string of the molecule is CCNCC(=O)Nc1ccc(C)c(C2(Cc3ccc(Oc4cc(F)c(F)cc4F)cc3)CCNCC2)c1.Cl.Cl. The van der Waals surface area contributed by atoms with Crippen molar-refractivity contribution in [2.75, 3.05) is 31.5 Å². The molecule has 1 heterocycles. The van der Waals surface area contributed by atoms with Gasteiger partial charge in [0.1, 0.15) is 5.75 Å². The van der Waals surface area contributed by atoms with E-state index in [9.17, 15) is 18.0 Å². The Morgan fingerprint density at radius 1 is 0.949 bits per heavy atom. The molecular weight excluding hydrogens is 550 g/mol. The normalized spacial score (nSPS) is 14.1. The topological polar surface area (TPSA) is 62.4 Å². The number of carbonyl (C=O) groups is 1. The van der Waals surface area contributed by atoms with E-state index in [0.29, 0.717) is 17.9 Å². The summed E-state index contributed by atoms with van der Waals surface area (Å²) in [6.45, 7) is 6.80. The number of anilines is 1. The number of ether oxygens (including phenoxy) is 1. The molecule has 3 aromatic carbocycles. The number of piperidine rings is 1. The molecule has 4 rings (SSSR count). The summed E-state index contributed by atoms with van der Waals surface area (Å²) in [5, 5.41) is 9.48. The Morgan fingerprint density at radius 2 is 1.62 bits per heavy atom. The van der Waals surface area contributed by atoms with Gasteiger partial charge in [0.05, 0.1) is 6.54 Å². The highest BCUT2D eigenvalue weighted by Crippen LogP contribution is 2.40. The number of hydrogen-bond donors (Lipinski definition) is 3. The van der Waals surface area contributed by atoms with Gasteiger partial charge in [-0.3, -0.25) is 4.79 Å². The summed E-state index contributed by atoms with van der Waals surface area (Å²) in [4.78, 5) is 12.3. The number of carbonyl (C=O) groups excluding carboxylic acids is 1. The third-order valence-electron chi connectivity index (χ3n) is 6.86.